The lowest BCUT2D eigenvalue weighted by Gasteiger charge is -2.17. The molecule has 1 N–H and O–H groups in total. The Balaban J connectivity index is 2.13. The van der Waals surface area contributed by atoms with Crippen LogP contribution in [0.25, 0.3) is 21.9 Å². The van der Waals surface area contributed by atoms with Crippen molar-refractivity contribution in [1.29, 1.82) is 0 Å². The normalized spacial score (nSPS) is 12.5. The van der Waals surface area contributed by atoms with Gasteiger partial charge in [-0.25, -0.2) is 4.98 Å². The lowest BCUT2D eigenvalue weighted by Crippen LogP contribution is -2.18. The molecule has 2 heterocycles. The minimum absolute atomic E-state index is 0.503. The molecule has 0 aliphatic heterocycles. The molecule has 5 nitrogen and oxygen atoms in total. The second-order valence-electron chi connectivity index (χ2n) is 8.64. The van der Waals surface area contributed by atoms with Gasteiger partial charge in [-0.2, -0.15) is 0 Å². The number of fused-ring (bicyclic) bond motifs is 3. The molecular weight excluding hydrogens is 350 g/mol. The number of rotatable bonds is 9. The number of aliphatic hydroxyl groups is 1. The van der Waals surface area contributed by atoms with Crippen molar-refractivity contribution in [3.63, 3.8) is 0 Å². The van der Waals surface area contributed by atoms with Gasteiger partial charge in [0.2, 0.25) is 0 Å². The van der Waals surface area contributed by atoms with E-state index in [1.54, 1.807) is 0 Å². The first kappa shape index (κ1) is 20.7. The van der Waals surface area contributed by atoms with Gasteiger partial charge in [-0.05, 0) is 57.6 Å². The second kappa shape index (κ2) is 8.58. The fraction of sp³-hybridized carbons (Fsp3) is 0.565. The van der Waals surface area contributed by atoms with E-state index in [4.69, 9.17) is 9.72 Å². The van der Waals surface area contributed by atoms with E-state index in [9.17, 15) is 5.11 Å². The van der Waals surface area contributed by atoms with E-state index in [0.717, 1.165) is 48.2 Å². The summed E-state index contributed by atoms with van der Waals surface area (Å²) in [5, 5.41) is 11.3. The molecule has 1 aromatic carbocycles. The summed E-state index contributed by atoms with van der Waals surface area (Å²) in [7, 11) is 0. The molecule has 0 unspecified atom stereocenters. The van der Waals surface area contributed by atoms with Crippen LogP contribution >= 0.6 is 0 Å². The lowest BCUT2D eigenvalue weighted by molar-refractivity contribution is 0.0689. The van der Waals surface area contributed by atoms with Gasteiger partial charge in [0, 0.05) is 18.5 Å². The van der Waals surface area contributed by atoms with Gasteiger partial charge in [0.15, 0.2) is 0 Å². The van der Waals surface area contributed by atoms with E-state index >= 15 is 0 Å². The van der Waals surface area contributed by atoms with Gasteiger partial charge in [0.25, 0.3) is 0 Å². The maximum atomic E-state index is 10.1. The van der Waals surface area contributed by atoms with E-state index in [-0.39, 0.29) is 0 Å². The summed E-state index contributed by atoms with van der Waals surface area (Å²) >= 11 is 0. The van der Waals surface area contributed by atoms with Crippen molar-refractivity contribution in [2.75, 3.05) is 6.61 Å². The van der Waals surface area contributed by atoms with E-state index in [2.05, 4.69) is 41.6 Å². The van der Waals surface area contributed by atoms with Crippen LogP contribution in [0.3, 0.4) is 0 Å². The summed E-state index contributed by atoms with van der Waals surface area (Å²) in [4.78, 5) is 9.52. The second-order valence-corrected chi connectivity index (χ2v) is 8.64. The number of imidazole rings is 1. The lowest BCUT2D eigenvalue weighted by atomic mass is 9.96. The number of pyridine rings is 1. The predicted octanol–water partition coefficient (Wildman–Crippen LogP) is 4.87. The molecule has 0 fully saturated rings. The van der Waals surface area contributed by atoms with E-state index in [1.807, 2.05) is 27.0 Å². The third-order valence-corrected chi connectivity index (χ3v) is 4.98. The SMILES string of the molecule is CCOCc1nc2cnc3cccc(CCCC(C)(C)O)c3c2n1CC(C)C. The van der Waals surface area contributed by atoms with Crippen LogP contribution in [0.2, 0.25) is 0 Å². The van der Waals surface area contributed by atoms with Crippen LogP contribution in [0.4, 0.5) is 0 Å². The van der Waals surface area contributed by atoms with Crippen molar-refractivity contribution in [1.82, 2.24) is 14.5 Å². The molecule has 152 valence electrons. The highest BCUT2D eigenvalue weighted by atomic mass is 16.5. The number of ether oxygens (including phenoxy) is 1. The molecule has 0 aliphatic carbocycles. The first-order valence-corrected chi connectivity index (χ1v) is 10.4. The molecule has 2 aromatic heterocycles. The van der Waals surface area contributed by atoms with Crippen molar-refractivity contribution < 1.29 is 9.84 Å². The largest absolute Gasteiger partial charge is 0.390 e. The number of hydrogen-bond acceptors (Lipinski definition) is 4. The molecule has 3 rings (SSSR count). The van der Waals surface area contributed by atoms with Gasteiger partial charge in [-0.15, -0.1) is 0 Å². The molecule has 0 aliphatic rings. The molecule has 5 heteroatoms. The topological polar surface area (TPSA) is 60.2 Å². The Bertz CT molecular complexity index is 938. The number of nitrogens with zero attached hydrogens (tertiary/aromatic N) is 3. The Morgan fingerprint density at radius 1 is 1.21 bits per heavy atom. The van der Waals surface area contributed by atoms with E-state index < -0.39 is 5.60 Å². The van der Waals surface area contributed by atoms with Gasteiger partial charge in [-0.3, -0.25) is 4.98 Å². The summed E-state index contributed by atoms with van der Waals surface area (Å²) < 4.78 is 8.00. The standard InChI is InChI=1S/C23H33N3O2/c1-6-28-15-20-25-19-13-24-18-11-7-9-17(10-8-12-23(4,5)27)21(18)22(19)26(20)14-16(2)3/h7,9,11,13,16,27H,6,8,10,12,14-15H2,1-5H3. The van der Waals surface area contributed by atoms with Crippen LogP contribution < -0.4 is 0 Å². The Morgan fingerprint density at radius 3 is 2.68 bits per heavy atom. The van der Waals surface area contributed by atoms with Crippen LogP contribution in [0.15, 0.2) is 24.4 Å². The van der Waals surface area contributed by atoms with Gasteiger partial charge < -0.3 is 14.4 Å². The highest BCUT2D eigenvalue weighted by molar-refractivity contribution is 6.04. The Morgan fingerprint density at radius 2 is 2.00 bits per heavy atom. The van der Waals surface area contributed by atoms with Crippen molar-refractivity contribution in [3.8, 4) is 0 Å². The first-order chi connectivity index (χ1) is 13.3. The zero-order valence-electron chi connectivity index (χ0n) is 17.8. The zero-order chi connectivity index (χ0) is 20.3. The monoisotopic (exact) mass is 383 g/mol. The smallest absolute Gasteiger partial charge is 0.136 e. The molecule has 0 atom stereocenters. The zero-order valence-corrected chi connectivity index (χ0v) is 17.8. The molecule has 0 spiro atoms. The number of hydrogen-bond donors (Lipinski definition) is 1. The Kier molecular flexibility index (Phi) is 6.36. The van der Waals surface area contributed by atoms with Crippen molar-refractivity contribution in [2.24, 2.45) is 5.92 Å². The molecule has 0 radical (unpaired) electrons. The summed E-state index contributed by atoms with van der Waals surface area (Å²) in [5.74, 6) is 1.47. The van der Waals surface area contributed by atoms with Crippen LogP contribution in [-0.4, -0.2) is 31.8 Å². The highest BCUT2D eigenvalue weighted by Gasteiger charge is 2.18. The molecule has 3 aromatic rings. The number of benzene rings is 1. The van der Waals surface area contributed by atoms with Gasteiger partial charge in [-0.1, -0.05) is 26.0 Å². The molecule has 28 heavy (non-hydrogen) atoms. The fourth-order valence-corrected chi connectivity index (χ4v) is 3.76. The van der Waals surface area contributed by atoms with Gasteiger partial charge >= 0.3 is 0 Å². The summed E-state index contributed by atoms with van der Waals surface area (Å²) in [6, 6.07) is 6.33. The van der Waals surface area contributed by atoms with E-state index in [0.29, 0.717) is 19.1 Å². The minimum atomic E-state index is -0.637. The van der Waals surface area contributed by atoms with Crippen LogP contribution in [0.5, 0.6) is 0 Å². The fourth-order valence-electron chi connectivity index (χ4n) is 3.76. The van der Waals surface area contributed by atoms with Crippen molar-refractivity contribution >= 4 is 21.9 Å². The summed E-state index contributed by atoms with van der Waals surface area (Å²) in [6.07, 6.45) is 4.50. The van der Waals surface area contributed by atoms with Crippen molar-refractivity contribution in [3.05, 3.63) is 35.8 Å². The van der Waals surface area contributed by atoms with E-state index in [1.165, 1.54) is 10.9 Å². The molecule has 0 saturated heterocycles. The maximum Gasteiger partial charge on any atom is 0.136 e. The molecular formula is C23H33N3O2. The average Bonchev–Trinajstić information content (AvgIpc) is 2.96. The van der Waals surface area contributed by atoms with Crippen LogP contribution in [0.1, 0.15) is 58.8 Å². The molecule has 0 amide bonds. The molecule has 0 bridgehead atoms. The first-order valence-electron chi connectivity index (χ1n) is 10.4. The third-order valence-electron chi connectivity index (χ3n) is 4.98. The minimum Gasteiger partial charge on any atom is -0.390 e. The number of aromatic nitrogens is 3. The highest BCUT2D eigenvalue weighted by Crippen LogP contribution is 2.30. The third kappa shape index (κ3) is 4.70. The van der Waals surface area contributed by atoms with Crippen LogP contribution in [-0.2, 0) is 24.3 Å². The quantitative estimate of drug-likeness (QED) is 0.573. The molecule has 0 saturated carbocycles. The maximum absolute atomic E-state index is 10.1. The summed E-state index contributed by atoms with van der Waals surface area (Å²) in [6.45, 7) is 12.3. The Labute approximate surface area is 167 Å². The predicted molar refractivity (Wildman–Crippen MR) is 114 cm³/mol. The van der Waals surface area contributed by atoms with Gasteiger partial charge in [0.1, 0.15) is 17.9 Å². The van der Waals surface area contributed by atoms with Gasteiger partial charge in [0.05, 0.1) is 22.8 Å². The Hall–Kier alpha value is -1.98. The average molecular weight is 384 g/mol. The van der Waals surface area contributed by atoms with Crippen molar-refractivity contribution in [2.45, 2.75) is 72.6 Å². The number of aryl methyl sites for hydroxylation is 1. The summed E-state index contributed by atoms with van der Waals surface area (Å²) in [5.41, 5.74) is 3.72. The van der Waals surface area contributed by atoms with Crippen LogP contribution in [0, 0.1) is 5.92 Å².